The molecule has 29 heavy (non-hydrogen) atoms. The van der Waals surface area contributed by atoms with Gasteiger partial charge in [-0.25, -0.2) is 4.79 Å². The fourth-order valence-corrected chi connectivity index (χ4v) is 2.56. The van der Waals surface area contributed by atoms with Crippen molar-refractivity contribution in [2.45, 2.75) is 0 Å². The first-order chi connectivity index (χ1) is 14.0. The van der Waals surface area contributed by atoms with Crippen LogP contribution in [-0.2, 0) is 14.2 Å². The number of ether oxygens (including phenoxy) is 5. The quantitative estimate of drug-likeness (QED) is 0.275. The fraction of sp³-hybridized carbons (Fsp3) is 0.250. The largest absolute Gasteiger partial charge is 0.507 e. The van der Waals surface area contributed by atoms with Crippen molar-refractivity contribution in [1.82, 2.24) is 0 Å². The van der Waals surface area contributed by atoms with Gasteiger partial charge in [0.15, 0.2) is 19.9 Å². The van der Waals surface area contributed by atoms with E-state index in [0.717, 1.165) is 6.07 Å². The second-order valence-electron chi connectivity index (χ2n) is 5.63. The van der Waals surface area contributed by atoms with Crippen LogP contribution in [0.1, 0.15) is 36.6 Å². The van der Waals surface area contributed by atoms with E-state index in [-0.39, 0.29) is 47.3 Å². The molecular formula is C20H20O9. The summed E-state index contributed by atoms with van der Waals surface area (Å²) in [5.41, 5.74) is -0.362. The van der Waals surface area contributed by atoms with Gasteiger partial charge in [-0.2, -0.15) is 0 Å². The first-order valence-corrected chi connectivity index (χ1v) is 8.30. The maximum absolute atomic E-state index is 13.3. The van der Waals surface area contributed by atoms with Gasteiger partial charge in [0.1, 0.15) is 22.8 Å². The third-order valence-corrected chi connectivity index (χ3v) is 3.81. The van der Waals surface area contributed by atoms with Gasteiger partial charge in [0.25, 0.3) is 0 Å². The van der Waals surface area contributed by atoms with Crippen LogP contribution in [-0.4, -0.2) is 58.1 Å². The SMILES string of the molecule is COCOc1cc(C(=O)OC)cc(O)c1C(=O)c1c(C=O)cccc1OCOC. The zero-order valence-corrected chi connectivity index (χ0v) is 16.1. The normalized spacial score (nSPS) is 10.3. The minimum Gasteiger partial charge on any atom is -0.507 e. The van der Waals surface area contributed by atoms with Crippen molar-refractivity contribution in [2.75, 3.05) is 34.9 Å². The maximum Gasteiger partial charge on any atom is 0.338 e. The molecule has 9 nitrogen and oxygen atoms in total. The number of esters is 1. The van der Waals surface area contributed by atoms with Crippen molar-refractivity contribution < 1.29 is 43.2 Å². The second-order valence-corrected chi connectivity index (χ2v) is 5.63. The molecule has 0 heterocycles. The molecule has 0 bridgehead atoms. The highest BCUT2D eigenvalue weighted by Crippen LogP contribution is 2.35. The number of hydrogen-bond acceptors (Lipinski definition) is 9. The number of phenols is 1. The van der Waals surface area contributed by atoms with Gasteiger partial charge in [-0.1, -0.05) is 12.1 Å². The molecule has 154 valence electrons. The summed E-state index contributed by atoms with van der Waals surface area (Å²) >= 11 is 0. The van der Waals surface area contributed by atoms with Crippen LogP contribution in [0.25, 0.3) is 0 Å². The van der Waals surface area contributed by atoms with Gasteiger partial charge >= 0.3 is 5.97 Å². The summed E-state index contributed by atoms with van der Waals surface area (Å²) in [6.45, 7) is -0.421. The predicted molar refractivity (Wildman–Crippen MR) is 99.7 cm³/mol. The molecule has 0 fully saturated rings. The summed E-state index contributed by atoms with van der Waals surface area (Å²) < 4.78 is 25.1. The topological polar surface area (TPSA) is 118 Å². The third kappa shape index (κ3) is 4.89. The Morgan fingerprint density at radius 3 is 2.21 bits per heavy atom. The van der Waals surface area contributed by atoms with E-state index in [9.17, 15) is 19.5 Å². The maximum atomic E-state index is 13.3. The molecule has 0 amide bonds. The zero-order valence-electron chi connectivity index (χ0n) is 16.1. The minimum atomic E-state index is -0.751. The molecular weight excluding hydrogens is 384 g/mol. The summed E-state index contributed by atoms with van der Waals surface area (Å²) in [5.74, 6) is -2.08. The lowest BCUT2D eigenvalue weighted by Gasteiger charge is -2.16. The van der Waals surface area contributed by atoms with Crippen LogP contribution in [0.2, 0.25) is 0 Å². The van der Waals surface area contributed by atoms with E-state index >= 15 is 0 Å². The van der Waals surface area contributed by atoms with E-state index in [4.69, 9.17) is 18.9 Å². The Kier molecular flexibility index (Phi) is 7.70. The lowest BCUT2D eigenvalue weighted by molar-refractivity contribution is 0.0487. The van der Waals surface area contributed by atoms with E-state index in [2.05, 4.69) is 4.74 Å². The standard InChI is InChI=1S/C20H20O9/c1-25-10-28-15-6-4-5-12(9-21)17(15)19(23)18-14(22)7-13(20(24)27-3)8-16(18)29-11-26-2/h4-9,22H,10-11H2,1-3H3. The van der Waals surface area contributed by atoms with Gasteiger partial charge in [-0.3, -0.25) is 9.59 Å². The summed E-state index contributed by atoms with van der Waals surface area (Å²) in [7, 11) is 3.94. The molecule has 0 radical (unpaired) electrons. The first-order valence-electron chi connectivity index (χ1n) is 8.30. The van der Waals surface area contributed by atoms with Crippen LogP contribution in [0.5, 0.6) is 17.2 Å². The molecule has 9 heteroatoms. The highest BCUT2D eigenvalue weighted by atomic mass is 16.7. The number of aromatic hydroxyl groups is 1. The number of carbonyl (C=O) groups is 3. The van der Waals surface area contributed by atoms with Crippen molar-refractivity contribution in [1.29, 1.82) is 0 Å². The molecule has 0 saturated heterocycles. The highest BCUT2D eigenvalue weighted by Gasteiger charge is 2.27. The summed E-state index contributed by atoms with van der Waals surface area (Å²) in [6.07, 6.45) is 0.489. The molecule has 0 aliphatic rings. The Bertz CT molecular complexity index is 905. The number of phenolic OH excluding ortho intramolecular Hbond substituents is 1. The van der Waals surface area contributed by atoms with E-state index in [1.54, 1.807) is 0 Å². The number of methoxy groups -OCH3 is 3. The Morgan fingerprint density at radius 2 is 1.62 bits per heavy atom. The lowest BCUT2D eigenvalue weighted by atomic mass is 9.95. The van der Waals surface area contributed by atoms with Crippen LogP contribution >= 0.6 is 0 Å². The van der Waals surface area contributed by atoms with Gasteiger partial charge in [0, 0.05) is 19.8 Å². The average Bonchev–Trinajstić information content (AvgIpc) is 2.74. The Labute approximate surface area is 166 Å². The molecule has 0 aromatic heterocycles. The zero-order chi connectivity index (χ0) is 21.4. The van der Waals surface area contributed by atoms with Gasteiger partial charge in [0.05, 0.1) is 18.2 Å². The molecule has 0 aliphatic heterocycles. The van der Waals surface area contributed by atoms with E-state index in [1.807, 2.05) is 0 Å². The molecule has 0 aliphatic carbocycles. The number of benzene rings is 2. The van der Waals surface area contributed by atoms with Gasteiger partial charge in [0.2, 0.25) is 5.78 Å². The summed E-state index contributed by atoms with van der Waals surface area (Å²) in [5, 5.41) is 10.5. The van der Waals surface area contributed by atoms with Crippen LogP contribution in [0.3, 0.4) is 0 Å². The van der Waals surface area contributed by atoms with E-state index < -0.39 is 17.5 Å². The Morgan fingerprint density at radius 1 is 0.966 bits per heavy atom. The Hall–Kier alpha value is -3.43. The number of aldehydes is 1. The number of carbonyl (C=O) groups excluding carboxylic acids is 3. The van der Waals surface area contributed by atoms with Crippen molar-refractivity contribution in [3.63, 3.8) is 0 Å². The number of hydrogen-bond donors (Lipinski definition) is 1. The van der Waals surface area contributed by atoms with E-state index in [1.165, 1.54) is 45.6 Å². The molecule has 0 saturated carbocycles. The highest BCUT2D eigenvalue weighted by molar-refractivity contribution is 6.17. The molecule has 0 unspecified atom stereocenters. The second kappa shape index (κ2) is 10.2. The molecule has 0 spiro atoms. The van der Waals surface area contributed by atoms with Crippen molar-refractivity contribution in [2.24, 2.45) is 0 Å². The van der Waals surface area contributed by atoms with Crippen LogP contribution < -0.4 is 9.47 Å². The molecule has 1 N–H and O–H groups in total. The minimum absolute atomic E-state index is 0.0350. The van der Waals surface area contributed by atoms with Crippen LogP contribution in [0.4, 0.5) is 0 Å². The smallest absolute Gasteiger partial charge is 0.338 e. The number of ketones is 1. The van der Waals surface area contributed by atoms with Gasteiger partial charge in [-0.15, -0.1) is 0 Å². The summed E-state index contributed by atoms with van der Waals surface area (Å²) in [6, 6.07) is 6.74. The van der Waals surface area contributed by atoms with Gasteiger partial charge < -0.3 is 28.8 Å². The van der Waals surface area contributed by atoms with E-state index in [0.29, 0.717) is 6.29 Å². The van der Waals surface area contributed by atoms with Crippen LogP contribution in [0.15, 0.2) is 30.3 Å². The lowest BCUT2D eigenvalue weighted by Crippen LogP contribution is -2.13. The first kappa shape index (κ1) is 21.9. The molecule has 2 aromatic rings. The van der Waals surface area contributed by atoms with Crippen LogP contribution in [0, 0.1) is 0 Å². The molecule has 2 aromatic carbocycles. The molecule has 0 atom stereocenters. The average molecular weight is 404 g/mol. The summed E-state index contributed by atoms with van der Waals surface area (Å²) in [4.78, 5) is 36.6. The monoisotopic (exact) mass is 404 g/mol. The third-order valence-electron chi connectivity index (χ3n) is 3.81. The molecule has 2 rings (SSSR count). The Balaban J connectivity index is 2.65. The van der Waals surface area contributed by atoms with Crippen molar-refractivity contribution in [3.8, 4) is 17.2 Å². The van der Waals surface area contributed by atoms with Crippen molar-refractivity contribution >= 4 is 18.0 Å². The number of rotatable bonds is 10. The van der Waals surface area contributed by atoms with Crippen molar-refractivity contribution in [3.05, 3.63) is 52.6 Å². The fourth-order valence-electron chi connectivity index (χ4n) is 2.56. The predicted octanol–water partition coefficient (Wildman–Crippen LogP) is 2.19. The van der Waals surface area contributed by atoms with Gasteiger partial charge in [-0.05, 0) is 18.2 Å².